The number of aryl methyl sites for hydroxylation is 1. The van der Waals surface area contributed by atoms with E-state index in [1.54, 1.807) is 13.4 Å². The van der Waals surface area contributed by atoms with Gasteiger partial charge in [0.05, 0.1) is 12.8 Å². The van der Waals surface area contributed by atoms with E-state index in [2.05, 4.69) is 30.4 Å². The average molecular weight is 443 g/mol. The van der Waals surface area contributed by atoms with Gasteiger partial charge in [-0.2, -0.15) is 5.10 Å². The summed E-state index contributed by atoms with van der Waals surface area (Å²) in [5.74, 6) is 1.66. The van der Waals surface area contributed by atoms with Crippen molar-refractivity contribution in [2.45, 2.75) is 25.4 Å². The van der Waals surface area contributed by atoms with E-state index in [1.165, 1.54) is 0 Å². The molecule has 0 spiro atoms. The van der Waals surface area contributed by atoms with Crippen molar-refractivity contribution in [3.05, 3.63) is 12.2 Å². The number of aromatic nitrogens is 3. The van der Waals surface area contributed by atoms with Crippen LogP contribution in [0.3, 0.4) is 0 Å². The predicted octanol–water partition coefficient (Wildman–Crippen LogP) is -1.07. The van der Waals surface area contributed by atoms with Gasteiger partial charge in [-0.05, 0) is 6.42 Å². The summed E-state index contributed by atoms with van der Waals surface area (Å²) in [5, 5.41) is 10.6. The van der Waals surface area contributed by atoms with E-state index in [1.807, 2.05) is 4.68 Å². The fourth-order valence-corrected chi connectivity index (χ4v) is 2.63. The summed E-state index contributed by atoms with van der Waals surface area (Å²) in [5.41, 5.74) is 0. The van der Waals surface area contributed by atoms with Crippen LogP contribution in [-0.4, -0.2) is 61.6 Å². The molecule has 9 nitrogen and oxygen atoms in total. The minimum Gasteiger partial charge on any atom is -0.355 e. The number of rotatable bonds is 5. The van der Waals surface area contributed by atoms with E-state index < -0.39 is 10.0 Å². The SMILES string of the molecule is CN=C(NCCNS(C)(=O)=O)NC1CCc2ncnn2C1.I. The molecule has 0 saturated carbocycles. The van der Waals surface area contributed by atoms with Gasteiger partial charge in [0.2, 0.25) is 10.0 Å². The van der Waals surface area contributed by atoms with Crippen LogP contribution in [-0.2, 0) is 23.0 Å². The Balaban J connectivity index is 0.00000242. The van der Waals surface area contributed by atoms with E-state index in [0.717, 1.165) is 31.5 Å². The molecule has 1 atom stereocenters. The number of sulfonamides is 1. The third-order valence-corrected chi connectivity index (χ3v) is 3.88. The summed E-state index contributed by atoms with van der Waals surface area (Å²) in [6, 6.07) is 0.230. The standard InChI is InChI=1S/C11H21N7O2S.HI/c1-12-11(13-5-6-16-21(2,19)20)17-9-3-4-10-14-8-15-18(10)7-9;/h8-9,16H,3-7H2,1-2H3,(H2,12,13,17);1H. The van der Waals surface area contributed by atoms with Crippen molar-refractivity contribution >= 4 is 40.0 Å². The highest BCUT2D eigenvalue weighted by Gasteiger charge is 2.20. The molecular formula is C11H22IN7O2S. The second-order valence-electron chi connectivity index (χ2n) is 4.90. The fourth-order valence-electron chi connectivity index (χ4n) is 2.16. The van der Waals surface area contributed by atoms with Crippen molar-refractivity contribution < 1.29 is 8.42 Å². The van der Waals surface area contributed by atoms with E-state index in [-0.39, 0.29) is 30.0 Å². The second kappa shape index (κ2) is 8.62. The molecule has 0 amide bonds. The summed E-state index contributed by atoms with van der Waals surface area (Å²) in [6.07, 6.45) is 4.55. The minimum atomic E-state index is -3.15. The number of hydrogen-bond acceptors (Lipinski definition) is 5. The third kappa shape index (κ3) is 6.04. The average Bonchev–Trinajstić information content (AvgIpc) is 2.88. The lowest BCUT2D eigenvalue weighted by Crippen LogP contribution is -2.48. The zero-order valence-electron chi connectivity index (χ0n) is 12.6. The molecule has 0 aliphatic carbocycles. The number of nitrogens with one attached hydrogen (secondary N) is 3. The molecular weight excluding hydrogens is 421 g/mol. The van der Waals surface area contributed by atoms with Crippen LogP contribution >= 0.6 is 24.0 Å². The molecule has 1 aliphatic rings. The van der Waals surface area contributed by atoms with Crippen molar-refractivity contribution in [3.63, 3.8) is 0 Å². The Morgan fingerprint density at radius 2 is 2.27 bits per heavy atom. The zero-order chi connectivity index (χ0) is 15.3. The fraction of sp³-hybridized carbons (Fsp3) is 0.727. The van der Waals surface area contributed by atoms with Crippen LogP contribution in [0.2, 0.25) is 0 Å². The smallest absolute Gasteiger partial charge is 0.208 e. The molecule has 1 aromatic heterocycles. The van der Waals surface area contributed by atoms with E-state index >= 15 is 0 Å². The first-order valence-electron chi connectivity index (χ1n) is 6.76. The lowest BCUT2D eigenvalue weighted by atomic mass is 10.1. The van der Waals surface area contributed by atoms with Crippen molar-refractivity contribution in [1.29, 1.82) is 0 Å². The molecule has 1 aliphatic heterocycles. The highest BCUT2D eigenvalue weighted by Crippen LogP contribution is 2.10. The molecule has 2 heterocycles. The number of guanidine groups is 1. The van der Waals surface area contributed by atoms with Gasteiger partial charge >= 0.3 is 0 Å². The van der Waals surface area contributed by atoms with Gasteiger partial charge < -0.3 is 10.6 Å². The van der Waals surface area contributed by atoms with Gasteiger partial charge in [0.25, 0.3) is 0 Å². The largest absolute Gasteiger partial charge is 0.355 e. The van der Waals surface area contributed by atoms with Crippen LogP contribution in [0.5, 0.6) is 0 Å². The Hall–Kier alpha value is -0.950. The number of fused-ring (bicyclic) bond motifs is 1. The normalized spacial score (nSPS) is 18.3. The molecule has 0 fully saturated rings. The highest BCUT2D eigenvalue weighted by atomic mass is 127. The van der Waals surface area contributed by atoms with Crippen LogP contribution < -0.4 is 15.4 Å². The molecule has 126 valence electrons. The number of aliphatic imine (C=N–C) groups is 1. The van der Waals surface area contributed by atoms with Gasteiger partial charge in [0, 0.05) is 32.6 Å². The molecule has 1 aromatic rings. The summed E-state index contributed by atoms with van der Waals surface area (Å²) in [6.45, 7) is 1.53. The Morgan fingerprint density at radius 3 is 2.95 bits per heavy atom. The summed E-state index contributed by atoms with van der Waals surface area (Å²) in [7, 11) is -1.47. The van der Waals surface area contributed by atoms with Crippen LogP contribution in [0.1, 0.15) is 12.2 Å². The second-order valence-corrected chi connectivity index (χ2v) is 6.74. The Labute approximate surface area is 147 Å². The van der Waals surface area contributed by atoms with Gasteiger partial charge in [-0.1, -0.05) is 0 Å². The third-order valence-electron chi connectivity index (χ3n) is 3.15. The molecule has 1 unspecified atom stereocenters. The first-order chi connectivity index (χ1) is 9.98. The Bertz CT molecular complexity index is 601. The molecule has 0 aromatic carbocycles. The number of hydrogen-bond donors (Lipinski definition) is 3. The molecule has 0 saturated heterocycles. The van der Waals surface area contributed by atoms with Gasteiger partial charge in [-0.25, -0.2) is 22.8 Å². The molecule has 2 rings (SSSR count). The summed E-state index contributed by atoms with van der Waals surface area (Å²) >= 11 is 0. The summed E-state index contributed by atoms with van der Waals surface area (Å²) < 4.78 is 26.2. The van der Waals surface area contributed by atoms with Crippen LogP contribution in [0.25, 0.3) is 0 Å². The van der Waals surface area contributed by atoms with Gasteiger partial charge in [0.15, 0.2) is 5.96 Å². The molecule has 0 radical (unpaired) electrons. The molecule has 0 bridgehead atoms. The number of halogens is 1. The lowest BCUT2D eigenvalue weighted by Gasteiger charge is -2.25. The van der Waals surface area contributed by atoms with Gasteiger partial charge in [-0.3, -0.25) is 4.99 Å². The summed E-state index contributed by atoms with van der Waals surface area (Å²) in [4.78, 5) is 8.32. The van der Waals surface area contributed by atoms with Crippen molar-refractivity contribution in [1.82, 2.24) is 30.1 Å². The molecule has 11 heteroatoms. The topological polar surface area (TPSA) is 113 Å². The maximum absolute atomic E-state index is 11.0. The maximum Gasteiger partial charge on any atom is 0.208 e. The molecule has 3 N–H and O–H groups in total. The van der Waals surface area contributed by atoms with Crippen LogP contribution in [0, 0.1) is 0 Å². The quantitative estimate of drug-likeness (QED) is 0.231. The van der Waals surface area contributed by atoms with Crippen molar-refractivity contribution in [2.75, 3.05) is 26.4 Å². The van der Waals surface area contributed by atoms with Gasteiger partial charge in [0.1, 0.15) is 12.2 Å². The monoisotopic (exact) mass is 443 g/mol. The highest BCUT2D eigenvalue weighted by molar-refractivity contribution is 14.0. The maximum atomic E-state index is 11.0. The molecule has 22 heavy (non-hydrogen) atoms. The van der Waals surface area contributed by atoms with E-state index in [0.29, 0.717) is 19.0 Å². The lowest BCUT2D eigenvalue weighted by molar-refractivity contribution is 0.393. The first kappa shape index (κ1) is 19.1. The number of nitrogens with zero attached hydrogens (tertiary/aromatic N) is 4. The van der Waals surface area contributed by atoms with Crippen LogP contribution in [0.4, 0.5) is 0 Å². The van der Waals surface area contributed by atoms with E-state index in [9.17, 15) is 8.42 Å². The Kier molecular flexibility index (Phi) is 7.48. The predicted molar refractivity (Wildman–Crippen MR) is 94.9 cm³/mol. The zero-order valence-corrected chi connectivity index (χ0v) is 15.8. The first-order valence-corrected chi connectivity index (χ1v) is 8.65. The van der Waals surface area contributed by atoms with Crippen molar-refractivity contribution in [3.8, 4) is 0 Å². The van der Waals surface area contributed by atoms with E-state index in [4.69, 9.17) is 0 Å². The van der Waals surface area contributed by atoms with Gasteiger partial charge in [-0.15, -0.1) is 24.0 Å². The van der Waals surface area contributed by atoms with Crippen molar-refractivity contribution in [2.24, 2.45) is 4.99 Å². The minimum absolute atomic E-state index is 0. The van der Waals surface area contributed by atoms with Crippen LogP contribution in [0.15, 0.2) is 11.3 Å². The Morgan fingerprint density at radius 1 is 1.50 bits per heavy atom.